The summed E-state index contributed by atoms with van der Waals surface area (Å²) in [4.78, 5) is 21.2. The molecular formula is C53H112O9Si5. The highest BCUT2D eigenvalue weighted by atomic mass is 28.2. The maximum Gasteiger partial charge on any atom is 0.302 e. The molecule has 10 rings (SSSR count). The maximum atomic E-state index is 10.7. The van der Waals surface area contributed by atoms with Gasteiger partial charge in [-0.05, 0) is 251 Å². The van der Waals surface area contributed by atoms with Gasteiger partial charge < -0.3 is 33.5 Å². The molecule has 9 nitrogen and oxygen atoms in total. The van der Waals surface area contributed by atoms with Crippen LogP contribution in [0.2, 0.25) is 32.7 Å². The van der Waals surface area contributed by atoms with E-state index in [0.29, 0.717) is 31.2 Å². The molecule has 0 aliphatic heterocycles. The Balaban J connectivity index is 0.000000402. The van der Waals surface area contributed by atoms with E-state index in [4.69, 9.17) is 28.4 Å². The van der Waals surface area contributed by atoms with Gasteiger partial charge in [-0.15, -0.1) is 0 Å². The fourth-order valence-electron chi connectivity index (χ4n) is 13.5. The highest BCUT2D eigenvalue weighted by Crippen LogP contribution is 2.50. The van der Waals surface area contributed by atoms with Crippen molar-refractivity contribution in [3.05, 3.63) is 0 Å². The number of aliphatic hydroxyl groups excluding tert-OH is 1. The third-order valence-corrected chi connectivity index (χ3v) is 16.3. The molecule has 0 aromatic carbocycles. The number of aliphatic hydroxyl groups is 1. The summed E-state index contributed by atoms with van der Waals surface area (Å²) in [5.74, 6) is 11.1. The summed E-state index contributed by atoms with van der Waals surface area (Å²) in [7, 11) is 8.21. The van der Waals surface area contributed by atoms with Crippen molar-refractivity contribution < 1.29 is 43.1 Å². The summed E-state index contributed by atoms with van der Waals surface area (Å²) < 4.78 is 31.6. The average molecular weight is 1030 g/mol. The smallest absolute Gasteiger partial charge is 0.302 e. The molecule has 16 atom stereocenters. The molecule has 10 aliphatic rings. The van der Waals surface area contributed by atoms with E-state index in [1.165, 1.54) is 181 Å². The lowest BCUT2D eigenvalue weighted by molar-refractivity contribution is -0.148. The van der Waals surface area contributed by atoms with E-state index in [-0.39, 0.29) is 30.4 Å². The minimum Gasteiger partial charge on any atom is -0.466 e. The molecule has 0 spiro atoms. The molecule has 0 aromatic heterocycles. The zero-order chi connectivity index (χ0) is 50.3. The summed E-state index contributed by atoms with van der Waals surface area (Å²) in [5, 5.41) is 9.22. The lowest BCUT2D eigenvalue weighted by Crippen LogP contribution is -2.22. The van der Waals surface area contributed by atoms with Crippen LogP contribution >= 0.6 is 0 Å². The predicted molar refractivity (Wildman–Crippen MR) is 300 cm³/mol. The molecule has 0 radical (unpaired) electrons. The van der Waals surface area contributed by atoms with Crippen LogP contribution in [0.4, 0.5) is 0 Å². The number of fused-ring (bicyclic) bond motifs is 10. The summed E-state index contributed by atoms with van der Waals surface area (Å²) >= 11 is 0. The van der Waals surface area contributed by atoms with Crippen LogP contribution in [0.1, 0.15) is 156 Å². The number of carbonyl (C=O) groups is 2. The quantitative estimate of drug-likeness (QED) is 0.0983. The number of methoxy groups -OCH3 is 1. The van der Waals surface area contributed by atoms with Crippen LogP contribution in [0.3, 0.4) is 0 Å². The van der Waals surface area contributed by atoms with Gasteiger partial charge in [-0.3, -0.25) is 9.59 Å². The van der Waals surface area contributed by atoms with Gasteiger partial charge in [-0.1, -0.05) is 52.0 Å². The predicted octanol–water partition coefficient (Wildman–Crippen LogP) is 6.76. The number of hydrogen-bond acceptors (Lipinski definition) is 9. The number of hydrogen-bond donors (Lipinski definition) is 1. The molecule has 398 valence electrons. The van der Waals surface area contributed by atoms with Crippen LogP contribution in [0, 0.1) is 76.9 Å². The van der Waals surface area contributed by atoms with E-state index in [9.17, 15) is 14.7 Å². The second kappa shape index (κ2) is 38.4. The molecule has 10 aliphatic carbocycles. The second-order valence-corrected chi connectivity index (χ2v) is 20.3. The van der Waals surface area contributed by atoms with E-state index < -0.39 is 0 Å². The zero-order valence-electron chi connectivity index (χ0n) is 46.6. The molecule has 1 N–H and O–H groups in total. The first-order chi connectivity index (χ1) is 32.6. The molecule has 0 amide bonds. The fourth-order valence-corrected chi connectivity index (χ4v) is 13.5. The summed E-state index contributed by atoms with van der Waals surface area (Å²) in [5.41, 5.74) is 0. The first-order valence-corrected chi connectivity index (χ1v) is 38.8. The number of esters is 2. The Labute approximate surface area is 428 Å². The van der Waals surface area contributed by atoms with E-state index in [2.05, 4.69) is 32.7 Å². The normalized spacial score (nSPS) is 35.5. The molecule has 0 aromatic rings. The van der Waals surface area contributed by atoms with Gasteiger partial charge in [0.25, 0.3) is 0 Å². The van der Waals surface area contributed by atoms with Crippen LogP contribution in [0.15, 0.2) is 0 Å². The summed E-state index contributed by atoms with van der Waals surface area (Å²) in [6, 6.07) is 0. The van der Waals surface area contributed by atoms with Crippen molar-refractivity contribution in [1.82, 2.24) is 0 Å². The minimum absolute atomic E-state index is 0.0147. The first kappa shape index (κ1) is 64.8. The molecule has 14 heteroatoms. The Morgan fingerprint density at radius 3 is 1.21 bits per heavy atom. The first-order valence-electron chi connectivity index (χ1n) is 28.8. The van der Waals surface area contributed by atoms with Gasteiger partial charge in [0.05, 0.1) is 25.9 Å². The van der Waals surface area contributed by atoms with Crippen molar-refractivity contribution >= 4 is 63.2 Å². The van der Waals surface area contributed by atoms with Crippen LogP contribution in [-0.4, -0.2) is 127 Å². The van der Waals surface area contributed by atoms with Gasteiger partial charge in [-0.25, -0.2) is 0 Å². The van der Waals surface area contributed by atoms with Crippen LogP contribution in [-0.2, 0) is 38.0 Å². The Morgan fingerprint density at radius 1 is 0.507 bits per heavy atom. The number of carbonyl (C=O) groups excluding carboxylic acids is 2. The average Bonchev–Trinajstić information content (AvgIpc) is 4.22. The van der Waals surface area contributed by atoms with Gasteiger partial charge >= 0.3 is 11.9 Å². The van der Waals surface area contributed by atoms with Crippen molar-refractivity contribution in [1.29, 1.82) is 0 Å². The highest BCUT2D eigenvalue weighted by molar-refractivity contribution is 6.06. The van der Waals surface area contributed by atoms with E-state index in [0.717, 1.165) is 91.8 Å². The SMILES string of the molecule is CC(=O)OC1CC2CCC1C2.CC(=O)OCC1CC2CCC1C2.CCOC(C)OCC1CC2CCC1C2.COCOCC1CC2CCC1C2.C[SiH3].C[SiH3].C[SiH3].C[SiH3].C[SiH3].OC1CC2CCC1C2. The topological polar surface area (TPSA) is 110 Å². The molecule has 10 fully saturated rings. The largest absolute Gasteiger partial charge is 0.466 e. The molecule has 67 heavy (non-hydrogen) atoms. The Morgan fingerprint density at radius 2 is 0.910 bits per heavy atom. The molecule has 0 saturated heterocycles. The van der Waals surface area contributed by atoms with Gasteiger partial charge in [0, 0.05) is 27.6 Å². The van der Waals surface area contributed by atoms with Crippen LogP contribution < -0.4 is 0 Å². The number of ether oxygens (including phenoxy) is 6. The van der Waals surface area contributed by atoms with E-state index in [1.807, 2.05) is 13.8 Å². The monoisotopic (exact) mass is 1030 g/mol. The third-order valence-electron chi connectivity index (χ3n) is 16.3. The summed E-state index contributed by atoms with van der Waals surface area (Å²) in [6.45, 7) is 21.4. The maximum absolute atomic E-state index is 10.7. The van der Waals surface area contributed by atoms with Crippen LogP contribution in [0.5, 0.6) is 0 Å². The molecule has 16 unspecified atom stereocenters. The standard InChI is InChI=1S/C12H22O2.C10H18O2.C10H16O2.C9H14O2.C7H12O.5CH6Si/c1-3-13-9(2)14-8-12-7-10-4-5-11(12)6-10;1-11-7-12-6-10-5-8-2-3-9(10)4-8;1-7(11)12-6-10-5-8-2-3-9(10)4-8;1-6(10)11-9-5-7-2-3-8(9)4-7;8-7-4-5-1-2-6(7)3-5;5*1-2/h9-12H,3-8H2,1-2H3;8-10H,2-7H2,1H3;8-10H,2-6H2,1H3;7-9H,2-5H2,1H3;5-8H,1-4H2;5*1-2H3. The Bertz CT molecular complexity index is 1240. The zero-order valence-corrected chi connectivity index (χ0v) is 56.6. The Hall–Kier alpha value is -0.176. The van der Waals surface area contributed by atoms with Crippen molar-refractivity contribution in [2.45, 2.75) is 207 Å². The summed E-state index contributed by atoms with van der Waals surface area (Å²) in [6.07, 6.45) is 27.6. The molecular weight excluding hydrogens is 921 g/mol. The third kappa shape index (κ3) is 23.5. The molecule has 10 bridgehead atoms. The minimum atomic E-state index is -0.127. The van der Waals surface area contributed by atoms with Crippen molar-refractivity contribution in [3.8, 4) is 0 Å². The lowest BCUT2D eigenvalue weighted by atomic mass is 9.90. The van der Waals surface area contributed by atoms with Crippen LogP contribution in [0.25, 0.3) is 0 Å². The van der Waals surface area contributed by atoms with Gasteiger partial charge in [-0.2, -0.15) is 0 Å². The highest BCUT2D eigenvalue weighted by Gasteiger charge is 2.43. The molecule has 10 saturated carbocycles. The number of rotatable bonds is 12. The lowest BCUT2D eigenvalue weighted by Gasteiger charge is -2.23. The van der Waals surface area contributed by atoms with Crippen molar-refractivity contribution in [2.24, 2.45) is 76.9 Å². The van der Waals surface area contributed by atoms with Gasteiger partial charge in [0.2, 0.25) is 0 Å². The van der Waals surface area contributed by atoms with E-state index in [1.54, 1.807) is 7.11 Å². The Kier molecular flexibility index (Phi) is 37.2. The molecule has 0 heterocycles. The second-order valence-electron chi connectivity index (χ2n) is 20.3. The van der Waals surface area contributed by atoms with Gasteiger partial charge in [0.15, 0.2) is 6.29 Å². The van der Waals surface area contributed by atoms with Crippen molar-refractivity contribution in [2.75, 3.05) is 40.3 Å². The van der Waals surface area contributed by atoms with E-state index >= 15 is 0 Å². The van der Waals surface area contributed by atoms with Gasteiger partial charge in [0.1, 0.15) is 12.9 Å². The van der Waals surface area contributed by atoms with Crippen molar-refractivity contribution in [3.63, 3.8) is 0 Å². The fraction of sp³-hybridized carbons (Fsp3) is 0.962.